The fraction of sp³-hybridized carbons (Fsp3) is 0.467. The molecule has 0 bridgehead atoms. The topological polar surface area (TPSA) is 95.4 Å². The Morgan fingerprint density at radius 1 is 1.30 bits per heavy atom. The van der Waals surface area contributed by atoms with Crippen molar-refractivity contribution in [2.75, 3.05) is 25.5 Å². The van der Waals surface area contributed by atoms with E-state index in [1.54, 1.807) is 18.4 Å². The van der Waals surface area contributed by atoms with Gasteiger partial charge in [0.15, 0.2) is 0 Å². The summed E-state index contributed by atoms with van der Waals surface area (Å²) >= 11 is 1.62. The monoisotopic (exact) mass is 336 g/mol. The zero-order valence-corrected chi connectivity index (χ0v) is 14.2. The molecule has 0 aliphatic heterocycles. The Labute approximate surface area is 138 Å². The van der Waals surface area contributed by atoms with Crippen LogP contribution in [0.1, 0.15) is 23.3 Å². The second-order valence-corrected chi connectivity index (χ2v) is 6.52. The van der Waals surface area contributed by atoms with Crippen molar-refractivity contribution < 1.29 is 14.7 Å². The van der Waals surface area contributed by atoms with Crippen LogP contribution in [0.25, 0.3) is 10.2 Å². The Kier molecular flexibility index (Phi) is 5.49. The van der Waals surface area contributed by atoms with E-state index < -0.39 is 5.97 Å². The van der Waals surface area contributed by atoms with Crippen LogP contribution in [0.3, 0.4) is 0 Å². The molecule has 8 heteroatoms. The Balaban J connectivity index is 1.94. The molecular weight excluding hydrogens is 316 g/mol. The standard InChI is InChI=1S/C15H20N4O3S/c1-9-10(2)23-15-13(9)14(17-8-18-15)16-6-4-11(20)19(3)7-5-12(21)22/h8H,4-7H2,1-3H3,(H,21,22)(H,16,17,18). The van der Waals surface area contributed by atoms with Crippen molar-refractivity contribution in [3.63, 3.8) is 0 Å². The number of nitrogens with one attached hydrogen (secondary N) is 1. The molecule has 0 aromatic carbocycles. The van der Waals surface area contributed by atoms with Gasteiger partial charge in [-0.25, -0.2) is 9.97 Å². The molecular formula is C15H20N4O3S. The number of anilines is 1. The maximum Gasteiger partial charge on any atom is 0.305 e. The predicted octanol–water partition coefficient (Wildman–Crippen LogP) is 2.04. The molecule has 2 heterocycles. The number of hydrogen-bond acceptors (Lipinski definition) is 6. The number of thiophene rings is 1. The van der Waals surface area contributed by atoms with Gasteiger partial charge in [-0.15, -0.1) is 11.3 Å². The molecule has 7 nitrogen and oxygen atoms in total. The van der Waals surface area contributed by atoms with Gasteiger partial charge in [0.1, 0.15) is 17.0 Å². The van der Waals surface area contributed by atoms with E-state index in [4.69, 9.17) is 5.11 Å². The minimum Gasteiger partial charge on any atom is -0.481 e. The van der Waals surface area contributed by atoms with Crippen LogP contribution in [0, 0.1) is 13.8 Å². The average Bonchev–Trinajstić information content (AvgIpc) is 2.80. The summed E-state index contributed by atoms with van der Waals surface area (Å²) in [6, 6.07) is 0. The molecule has 0 aliphatic rings. The maximum atomic E-state index is 11.9. The molecule has 2 rings (SSSR count). The SMILES string of the molecule is Cc1sc2ncnc(NCCC(=O)N(C)CCC(=O)O)c2c1C. The van der Waals surface area contributed by atoms with E-state index in [0.29, 0.717) is 6.54 Å². The van der Waals surface area contributed by atoms with Crippen LogP contribution < -0.4 is 5.32 Å². The zero-order chi connectivity index (χ0) is 17.0. The largest absolute Gasteiger partial charge is 0.481 e. The van der Waals surface area contributed by atoms with Crippen LogP contribution in [-0.4, -0.2) is 52.0 Å². The summed E-state index contributed by atoms with van der Waals surface area (Å²) in [5.41, 5.74) is 1.15. The van der Waals surface area contributed by atoms with Crippen molar-refractivity contribution in [1.82, 2.24) is 14.9 Å². The molecule has 0 atom stereocenters. The number of carboxylic acid groups (broad SMARTS) is 1. The van der Waals surface area contributed by atoms with E-state index in [2.05, 4.69) is 15.3 Å². The van der Waals surface area contributed by atoms with E-state index in [0.717, 1.165) is 21.6 Å². The first-order chi connectivity index (χ1) is 10.9. The zero-order valence-electron chi connectivity index (χ0n) is 13.4. The average molecular weight is 336 g/mol. The number of carboxylic acids is 1. The first-order valence-corrected chi connectivity index (χ1v) is 8.12. The molecule has 2 aromatic rings. The van der Waals surface area contributed by atoms with E-state index in [-0.39, 0.29) is 25.3 Å². The van der Waals surface area contributed by atoms with Crippen molar-refractivity contribution in [1.29, 1.82) is 0 Å². The van der Waals surface area contributed by atoms with Gasteiger partial charge in [0.05, 0.1) is 11.8 Å². The van der Waals surface area contributed by atoms with E-state index in [1.807, 2.05) is 13.8 Å². The van der Waals surface area contributed by atoms with E-state index in [9.17, 15) is 9.59 Å². The molecule has 0 unspecified atom stereocenters. The minimum atomic E-state index is -0.908. The Morgan fingerprint density at radius 3 is 2.74 bits per heavy atom. The quantitative estimate of drug-likeness (QED) is 0.803. The molecule has 0 spiro atoms. The smallest absolute Gasteiger partial charge is 0.305 e. The van der Waals surface area contributed by atoms with Crippen molar-refractivity contribution in [2.45, 2.75) is 26.7 Å². The first-order valence-electron chi connectivity index (χ1n) is 7.30. The van der Waals surface area contributed by atoms with E-state index >= 15 is 0 Å². The van der Waals surface area contributed by atoms with Gasteiger partial charge >= 0.3 is 5.97 Å². The van der Waals surface area contributed by atoms with Crippen LogP contribution >= 0.6 is 11.3 Å². The van der Waals surface area contributed by atoms with Crippen molar-refractivity contribution in [2.24, 2.45) is 0 Å². The lowest BCUT2D eigenvalue weighted by molar-refractivity contribution is -0.138. The van der Waals surface area contributed by atoms with Crippen LogP contribution in [0.2, 0.25) is 0 Å². The second-order valence-electron chi connectivity index (χ2n) is 5.32. The number of carbonyl (C=O) groups excluding carboxylic acids is 1. The molecule has 0 aliphatic carbocycles. The lowest BCUT2D eigenvalue weighted by Crippen LogP contribution is -2.30. The summed E-state index contributed by atoms with van der Waals surface area (Å²) in [5.74, 6) is -0.269. The number of amides is 1. The normalized spacial score (nSPS) is 10.7. The van der Waals surface area contributed by atoms with Gasteiger partial charge in [0.25, 0.3) is 0 Å². The highest BCUT2D eigenvalue weighted by atomic mass is 32.1. The van der Waals surface area contributed by atoms with Crippen molar-refractivity contribution in [3.8, 4) is 0 Å². The lowest BCUT2D eigenvalue weighted by Gasteiger charge is -2.16. The summed E-state index contributed by atoms with van der Waals surface area (Å²) in [6.07, 6.45) is 1.75. The predicted molar refractivity (Wildman–Crippen MR) is 89.9 cm³/mol. The van der Waals surface area contributed by atoms with Gasteiger partial charge in [-0.05, 0) is 19.4 Å². The van der Waals surface area contributed by atoms with Gasteiger partial charge in [0.2, 0.25) is 5.91 Å². The summed E-state index contributed by atoms with van der Waals surface area (Å²) in [5, 5.41) is 12.8. The number of hydrogen-bond donors (Lipinski definition) is 2. The second kappa shape index (κ2) is 7.36. The fourth-order valence-electron chi connectivity index (χ4n) is 2.18. The third-order valence-corrected chi connectivity index (χ3v) is 4.80. The van der Waals surface area contributed by atoms with Gasteiger partial charge < -0.3 is 15.3 Å². The summed E-state index contributed by atoms with van der Waals surface area (Å²) < 4.78 is 0. The first kappa shape index (κ1) is 17.1. The molecule has 0 fully saturated rings. The third-order valence-electron chi connectivity index (χ3n) is 3.68. The summed E-state index contributed by atoms with van der Waals surface area (Å²) in [6.45, 7) is 4.74. The number of aromatic nitrogens is 2. The van der Waals surface area contributed by atoms with Gasteiger partial charge in [-0.3, -0.25) is 9.59 Å². The summed E-state index contributed by atoms with van der Waals surface area (Å²) in [4.78, 5) is 34.6. The van der Waals surface area contributed by atoms with Gasteiger partial charge in [0, 0.05) is 31.4 Å². The van der Waals surface area contributed by atoms with Crippen LogP contribution in [-0.2, 0) is 9.59 Å². The summed E-state index contributed by atoms with van der Waals surface area (Å²) in [7, 11) is 1.61. The molecule has 2 aromatic heterocycles. The third kappa shape index (κ3) is 4.16. The Bertz CT molecular complexity index is 729. The fourth-order valence-corrected chi connectivity index (χ4v) is 3.18. The Hall–Kier alpha value is -2.22. The maximum absolute atomic E-state index is 11.9. The number of aliphatic carboxylic acids is 1. The minimum absolute atomic E-state index is 0.0461. The van der Waals surface area contributed by atoms with Crippen LogP contribution in [0.15, 0.2) is 6.33 Å². The highest BCUT2D eigenvalue weighted by Crippen LogP contribution is 2.32. The Morgan fingerprint density at radius 2 is 2.04 bits per heavy atom. The van der Waals surface area contributed by atoms with Gasteiger partial charge in [-0.1, -0.05) is 0 Å². The number of nitrogens with zero attached hydrogens (tertiary/aromatic N) is 3. The highest BCUT2D eigenvalue weighted by molar-refractivity contribution is 7.18. The highest BCUT2D eigenvalue weighted by Gasteiger charge is 2.13. The van der Waals surface area contributed by atoms with Crippen LogP contribution in [0.4, 0.5) is 5.82 Å². The van der Waals surface area contributed by atoms with Crippen LogP contribution in [0.5, 0.6) is 0 Å². The molecule has 2 N–H and O–H groups in total. The molecule has 0 saturated carbocycles. The number of rotatable bonds is 7. The van der Waals surface area contributed by atoms with E-state index in [1.165, 1.54) is 16.1 Å². The number of carbonyl (C=O) groups is 2. The molecule has 0 saturated heterocycles. The molecule has 1 amide bonds. The molecule has 124 valence electrons. The van der Waals surface area contributed by atoms with Crippen molar-refractivity contribution >= 4 is 39.2 Å². The lowest BCUT2D eigenvalue weighted by atomic mass is 10.2. The number of aryl methyl sites for hydroxylation is 2. The van der Waals surface area contributed by atoms with Gasteiger partial charge in [-0.2, -0.15) is 0 Å². The molecule has 0 radical (unpaired) electrons. The van der Waals surface area contributed by atoms with Crippen molar-refractivity contribution in [3.05, 3.63) is 16.8 Å². The molecule has 23 heavy (non-hydrogen) atoms. The number of fused-ring (bicyclic) bond motifs is 1.